The second kappa shape index (κ2) is 12.1. The van der Waals surface area contributed by atoms with Gasteiger partial charge in [0.05, 0.1) is 60.2 Å². The van der Waals surface area contributed by atoms with Crippen molar-refractivity contribution in [3.8, 4) is 23.3 Å². The lowest BCUT2D eigenvalue weighted by Crippen LogP contribution is -2.50. The van der Waals surface area contributed by atoms with Gasteiger partial charge in [-0.15, -0.1) is 10.2 Å². The van der Waals surface area contributed by atoms with Crippen LogP contribution in [0.15, 0.2) is 28.8 Å². The van der Waals surface area contributed by atoms with Gasteiger partial charge in [0.15, 0.2) is 23.1 Å². The van der Waals surface area contributed by atoms with E-state index < -0.39 is 17.1 Å². The molecular weight excluding hydrogens is 527 g/mol. The first-order chi connectivity index (χ1) is 19.5. The van der Waals surface area contributed by atoms with Crippen LogP contribution in [0.4, 0.5) is 17.2 Å². The first-order valence-electron chi connectivity index (χ1n) is 12.2. The fraction of sp³-hybridized carbons (Fsp3) is 0.333. The maximum atomic E-state index is 12.9. The van der Waals surface area contributed by atoms with Crippen molar-refractivity contribution >= 4 is 58.5 Å². The molecule has 3 aromatic rings. The van der Waals surface area contributed by atoms with E-state index in [1.165, 1.54) is 25.1 Å². The fourth-order valence-electron chi connectivity index (χ4n) is 3.64. The minimum Gasteiger partial charge on any atom is -0.494 e. The first-order valence-corrected chi connectivity index (χ1v) is 12.2. The number of rotatable bonds is 11. The number of benzene rings is 1. The van der Waals surface area contributed by atoms with Gasteiger partial charge in [-0.3, -0.25) is 14.4 Å². The Hall–Kier alpha value is -4.87. The third-order valence-corrected chi connectivity index (χ3v) is 5.76. The van der Waals surface area contributed by atoms with Crippen LogP contribution in [0.1, 0.15) is 35.6 Å². The van der Waals surface area contributed by atoms with E-state index in [1.807, 2.05) is 0 Å². The highest BCUT2D eigenvalue weighted by molar-refractivity contribution is 6.60. The van der Waals surface area contributed by atoms with Crippen molar-refractivity contribution in [1.29, 1.82) is 5.26 Å². The van der Waals surface area contributed by atoms with Gasteiger partial charge in [0.25, 0.3) is 11.8 Å². The number of nitriles is 1. The van der Waals surface area contributed by atoms with Gasteiger partial charge in [0.2, 0.25) is 11.8 Å². The number of hydrogen-bond acceptors (Lipinski definition) is 11. The Morgan fingerprint density at radius 1 is 1.22 bits per heavy atom. The quantitative estimate of drug-likeness (QED) is 0.280. The van der Waals surface area contributed by atoms with Gasteiger partial charge in [-0.05, 0) is 25.0 Å². The number of carbonyl (C=O) groups excluding carboxylic acids is 3. The molecule has 2 heterocycles. The molecule has 0 spiro atoms. The number of methoxy groups -OCH3 is 1. The van der Waals surface area contributed by atoms with Crippen LogP contribution < -0.4 is 20.7 Å². The number of anilines is 3. The highest BCUT2D eigenvalue weighted by Gasteiger charge is 2.30. The number of para-hydroxylation sites is 1. The van der Waals surface area contributed by atoms with Crippen molar-refractivity contribution < 1.29 is 23.6 Å². The fourth-order valence-corrected chi connectivity index (χ4v) is 3.64. The van der Waals surface area contributed by atoms with Crippen LogP contribution in [-0.2, 0) is 16.1 Å². The third-order valence-electron chi connectivity index (χ3n) is 5.76. The number of nitrogens with zero attached hydrogens (tertiary/aromatic N) is 6. The maximum Gasteiger partial charge on any atom is 0.272 e. The molecule has 0 saturated heterocycles. The lowest BCUT2D eigenvalue weighted by atomic mass is 9.49. The normalized spacial score (nSPS) is 12.6. The van der Waals surface area contributed by atoms with Gasteiger partial charge in [0.1, 0.15) is 6.42 Å². The van der Waals surface area contributed by atoms with E-state index in [9.17, 15) is 14.4 Å². The van der Waals surface area contributed by atoms with Gasteiger partial charge in [-0.25, -0.2) is 0 Å². The number of nitrogens with one attached hydrogen (secondary N) is 3. The minimum absolute atomic E-state index is 0.0195. The van der Waals surface area contributed by atoms with Crippen LogP contribution in [0.25, 0.3) is 11.5 Å². The van der Waals surface area contributed by atoms with Gasteiger partial charge in [-0.1, -0.05) is 16.5 Å². The molecule has 17 heteroatoms. The zero-order chi connectivity index (χ0) is 29.7. The van der Waals surface area contributed by atoms with Crippen molar-refractivity contribution in [1.82, 2.24) is 30.6 Å². The molecule has 41 heavy (non-hydrogen) atoms. The van der Waals surface area contributed by atoms with Crippen LogP contribution in [0, 0.1) is 17.2 Å². The molecule has 0 aliphatic heterocycles. The smallest absolute Gasteiger partial charge is 0.272 e. The number of ether oxygens (including phenoxy) is 1. The topological polar surface area (TPSA) is 188 Å². The van der Waals surface area contributed by atoms with E-state index in [0.717, 1.165) is 12.8 Å². The summed E-state index contributed by atoms with van der Waals surface area (Å²) < 4.78 is 11.0. The highest BCUT2D eigenvalue weighted by Crippen LogP contribution is 2.38. The second-order valence-electron chi connectivity index (χ2n) is 9.25. The summed E-state index contributed by atoms with van der Waals surface area (Å²) in [5.74, 6) is -0.874. The summed E-state index contributed by atoms with van der Waals surface area (Å²) in [5, 5.41) is 26.4. The monoisotopic (exact) mass is 549 g/mol. The Morgan fingerprint density at radius 3 is 2.63 bits per heavy atom. The third kappa shape index (κ3) is 7.41. The Morgan fingerprint density at radius 2 is 1.98 bits per heavy atom. The van der Waals surface area contributed by atoms with E-state index in [4.69, 9.17) is 38.1 Å². The summed E-state index contributed by atoms with van der Waals surface area (Å²) in [6.45, 7) is 0.0195. The van der Waals surface area contributed by atoms with Gasteiger partial charge < -0.3 is 30.1 Å². The van der Waals surface area contributed by atoms with Crippen molar-refractivity contribution in [2.75, 3.05) is 24.8 Å². The molecule has 1 aliphatic rings. The summed E-state index contributed by atoms with van der Waals surface area (Å²) >= 11 is 0. The molecule has 3 amide bonds. The molecule has 3 N–H and O–H groups in total. The van der Waals surface area contributed by atoms with Gasteiger partial charge in [0, 0.05) is 19.0 Å². The molecule has 1 fully saturated rings. The summed E-state index contributed by atoms with van der Waals surface area (Å²) in [5.41, 5.74) is 0.638. The predicted octanol–water partition coefficient (Wildman–Crippen LogP) is 0.346. The number of carbonyl (C=O) groups is 3. The Bertz CT molecular complexity index is 1520. The van der Waals surface area contributed by atoms with Crippen molar-refractivity contribution in [3.63, 3.8) is 0 Å². The molecule has 1 saturated carbocycles. The molecule has 2 aromatic heterocycles. The molecular formula is C24H22B3N9O5. The molecule has 4 rings (SSSR count). The molecule has 1 aliphatic carbocycles. The average molecular weight is 549 g/mol. The summed E-state index contributed by atoms with van der Waals surface area (Å²) in [7, 11) is 19.5. The maximum absolute atomic E-state index is 12.9. The van der Waals surface area contributed by atoms with Crippen molar-refractivity contribution in [2.45, 2.75) is 31.0 Å². The van der Waals surface area contributed by atoms with Crippen LogP contribution in [-0.4, -0.2) is 85.9 Å². The van der Waals surface area contributed by atoms with E-state index in [2.05, 4.69) is 36.3 Å². The molecule has 14 nitrogen and oxygen atoms in total. The van der Waals surface area contributed by atoms with Crippen LogP contribution in [0.5, 0.6) is 5.75 Å². The van der Waals surface area contributed by atoms with E-state index >= 15 is 0 Å². The summed E-state index contributed by atoms with van der Waals surface area (Å²) in [4.78, 5) is 42.7. The Balaban J connectivity index is 1.65. The summed E-state index contributed by atoms with van der Waals surface area (Å²) in [6.07, 6.45) is 1.29. The molecule has 0 bridgehead atoms. The lowest BCUT2D eigenvalue weighted by molar-refractivity contribution is -0.129. The molecule has 0 atom stereocenters. The standard InChI is InChI=1S/C24H22B3N9O5/c1-36(18(37)8-9-28)11-17-31-23(41-35-17)13-4-3-5-14(20(13)40-2)29-15-10-16(30-21(38)12-6-7-12)33-34-19(15)22(39)32-24(25,26)27/h3-5,10,12H,6-8,11H2,1-2H3,(H,32,39)(H2,29,30,33,38). The molecule has 0 unspecified atom stereocenters. The van der Waals surface area contributed by atoms with Crippen LogP contribution in [0.3, 0.4) is 0 Å². The Kier molecular flexibility index (Phi) is 8.60. The molecule has 6 radical (unpaired) electrons. The zero-order valence-corrected chi connectivity index (χ0v) is 22.2. The van der Waals surface area contributed by atoms with Crippen LogP contribution >= 0.6 is 0 Å². The van der Waals surface area contributed by atoms with E-state index in [0.29, 0.717) is 11.3 Å². The predicted molar refractivity (Wildman–Crippen MR) is 147 cm³/mol. The minimum atomic E-state index is -2.03. The van der Waals surface area contributed by atoms with Gasteiger partial charge >= 0.3 is 0 Å². The van der Waals surface area contributed by atoms with Crippen molar-refractivity contribution in [3.05, 3.63) is 35.8 Å². The number of hydrogen-bond donors (Lipinski definition) is 3. The number of amides is 3. The summed E-state index contributed by atoms with van der Waals surface area (Å²) in [6, 6.07) is 8.19. The lowest BCUT2D eigenvalue weighted by Gasteiger charge is -2.23. The number of aromatic nitrogens is 4. The molecule has 1 aromatic carbocycles. The SMILES string of the molecule is [B]C([B])([B])NC(=O)c1nnc(NC(=O)C2CC2)cc1Nc1cccc(-c2nc(CN(C)C(=O)CC#N)no2)c1OC. The molecule has 202 valence electrons. The Labute approximate surface area is 238 Å². The zero-order valence-electron chi connectivity index (χ0n) is 22.2. The first kappa shape index (κ1) is 29.1. The average Bonchev–Trinajstić information content (AvgIpc) is 3.67. The van der Waals surface area contributed by atoms with E-state index in [1.54, 1.807) is 24.3 Å². The highest BCUT2D eigenvalue weighted by atomic mass is 16.5. The van der Waals surface area contributed by atoms with E-state index in [-0.39, 0.29) is 59.5 Å². The van der Waals surface area contributed by atoms with Crippen LogP contribution in [0.2, 0.25) is 0 Å². The van der Waals surface area contributed by atoms with Crippen molar-refractivity contribution in [2.24, 2.45) is 5.92 Å². The van der Waals surface area contributed by atoms with Gasteiger partial charge in [-0.2, -0.15) is 10.2 Å². The largest absolute Gasteiger partial charge is 0.494 e. The second-order valence-corrected chi connectivity index (χ2v) is 9.25.